The molecule has 5 nitrogen and oxygen atoms in total. The van der Waals surface area contributed by atoms with Crippen LogP contribution in [0.2, 0.25) is 0 Å². The maximum absolute atomic E-state index is 12.9. The van der Waals surface area contributed by atoms with Crippen LogP contribution in [0.1, 0.15) is 73.9 Å². The third-order valence-electron chi connectivity index (χ3n) is 5.89. The van der Waals surface area contributed by atoms with E-state index in [4.69, 9.17) is 9.72 Å². The number of nitriles is 1. The Bertz CT molecular complexity index is 1240. The number of ether oxygens (including phenoxy) is 1. The van der Waals surface area contributed by atoms with Crippen molar-refractivity contribution in [1.82, 2.24) is 9.97 Å². The number of hydrogen-bond acceptors (Lipinski definition) is 4. The third kappa shape index (κ3) is 6.48. The molecule has 5 heteroatoms. The van der Waals surface area contributed by atoms with Gasteiger partial charge in [-0.3, -0.25) is 4.79 Å². The number of aromatic amines is 1. The molecule has 3 aromatic rings. The molecular weight excluding hydrogens is 434 g/mol. The lowest BCUT2D eigenvalue weighted by Gasteiger charge is -2.16. The first-order chi connectivity index (χ1) is 16.5. The number of imidazole rings is 1. The number of nitrogens with one attached hydrogen (secondary N) is 1. The summed E-state index contributed by atoms with van der Waals surface area (Å²) in [7, 11) is 0. The molecule has 3 rings (SSSR count). The van der Waals surface area contributed by atoms with Gasteiger partial charge in [-0.2, -0.15) is 5.26 Å². The molecule has 0 saturated carbocycles. The molecule has 0 amide bonds. The van der Waals surface area contributed by atoms with Crippen LogP contribution >= 0.6 is 0 Å². The van der Waals surface area contributed by atoms with Gasteiger partial charge in [-0.05, 0) is 56.9 Å². The first-order valence-electron chi connectivity index (χ1n) is 12.0. The molecule has 1 aromatic heterocycles. The largest absolute Gasteiger partial charge is 0.490 e. The summed E-state index contributed by atoms with van der Waals surface area (Å²) < 4.78 is 5.66. The van der Waals surface area contributed by atoms with Crippen molar-refractivity contribution in [1.29, 1.82) is 5.26 Å². The molecule has 0 spiro atoms. The van der Waals surface area contributed by atoms with E-state index in [1.165, 1.54) is 0 Å². The average Bonchev–Trinajstić information content (AvgIpc) is 3.21. The quantitative estimate of drug-likeness (QED) is 0.271. The summed E-state index contributed by atoms with van der Waals surface area (Å²) in [6.07, 6.45) is 2.82. The summed E-state index contributed by atoms with van der Waals surface area (Å²) >= 11 is 0. The van der Waals surface area contributed by atoms with E-state index < -0.39 is 0 Å². The van der Waals surface area contributed by atoms with Crippen molar-refractivity contribution in [3.05, 3.63) is 83.2 Å². The molecule has 1 heterocycles. The van der Waals surface area contributed by atoms with Crippen LogP contribution in [0.25, 0.3) is 11.4 Å². The van der Waals surface area contributed by atoms with E-state index in [9.17, 15) is 10.1 Å². The molecule has 182 valence electrons. The van der Waals surface area contributed by atoms with Crippen molar-refractivity contribution in [2.75, 3.05) is 0 Å². The molecule has 0 unspecified atom stereocenters. The lowest BCUT2D eigenvalue weighted by Crippen LogP contribution is -2.13. The lowest BCUT2D eigenvalue weighted by molar-refractivity contribution is 0.0969. The normalized spacial score (nSPS) is 12.3. The Labute approximate surface area is 208 Å². The van der Waals surface area contributed by atoms with Gasteiger partial charge in [-0.15, -0.1) is 6.58 Å². The number of rotatable bonds is 9. The van der Waals surface area contributed by atoms with Crippen molar-refractivity contribution in [3.8, 4) is 23.2 Å². The summed E-state index contributed by atoms with van der Waals surface area (Å²) in [6.45, 7) is 16.3. The van der Waals surface area contributed by atoms with Crippen LogP contribution in [0.5, 0.6) is 5.75 Å². The zero-order valence-corrected chi connectivity index (χ0v) is 21.6. The fourth-order valence-electron chi connectivity index (χ4n) is 4.17. The van der Waals surface area contributed by atoms with E-state index in [2.05, 4.69) is 69.6 Å². The number of H-pyrrole nitrogens is 1. The molecule has 0 aliphatic rings. The number of ketones is 1. The first-order valence-corrected chi connectivity index (χ1v) is 12.0. The van der Waals surface area contributed by atoms with Crippen molar-refractivity contribution < 1.29 is 9.53 Å². The van der Waals surface area contributed by atoms with Crippen LogP contribution in [0.4, 0.5) is 0 Å². The Morgan fingerprint density at radius 2 is 1.89 bits per heavy atom. The average molecular weight is 470 g/mol. The fourth-order valence-corrected chi connectivity index (χ4v) is 4.17. The number of nitrogens with zero attached hydrogens (tertiary/aromatic N) is 2. The van der Waals surface area contributed by atoms with E-state index in [0.717, 1.165) is 28.3 Å². The number of aromatic nitrogens is 2. The van der Waals surface area contributed by atoms with Gasteiger partial charge in [0.25, 0.3) is 0 Å². The molecule has 0 bridgehead atoms. The van der Waals surface area contributed by atoms with Gasteiger partial charge in [-0.25, -0.2) is 4.98 Å². The molecule has 35 heavy (non-hydrogen) atoms. The second kappa shape index (κ2) is 10.7. The Morgan fingerprint density at radius 1 is 1.20 bits per heavy atom. The molecule has 0 aliphatic heterocycles. The highest BCUT2D eigenvalue weighted by atomic mass is 16.5. The first kappa shape index (κ1) is 26.0. The minimum Gasteiger partial charge on any atom is -0.490 e. The summed E-state index contributed by atoms with van der Waals surface area (Å²) in [5, 5.41) is 9.46. The second-order valence-corrected chi connectivity index (χ2v) is 10.3. The zero-order valence-electron chi connectivity index (χ0n) is 21.6. The Balaban J connectivity index is 1.69. The molecule has 0 saturated heterocycles. The highest BCUT2D eigenvalue weighted by Crippen LogP contribution is 2.28. The van der Waals surface area contributed by atoms with Gasteiger partial charge < -0.3 is 9.72 Å². The topological polar surface area (TPSA) is 78.8 Å². The Morgan fingerprint density at radius 3 is 2.43 bits per heavy atom. The molecule has 1 atom stereocenters. The molecule has 0 aliphatic carbocycles. The number of Topliss-reactive ketones (excluding diaryl/α,β-unsaturated/α-hetero) is 1. The molecule has 2 aromatic carbocycles. The van der Waals surface area contributed by atoms with Crippen LogP contribution in [0.15, 0.2) is 55.1 Å². The van der Waals surface area contributed by atoms with Gasteiger partial charge >= 0.3 is 0 Å². The van der Waals surface area contributed by atoms with Gasteiger partial charge in [0, 0.05) is 28.7 Å². The highest BCUT2D eigenvalue weighted by Gasteiger charge is 2.21. The van der Waals surface area contributed by atoms with Gasteiger partial charge in [0.1, 0.15) is 17.6 Å². The van der Waals surface area contributed by atoms with E-state index >= 15 is 0 Å². The van der Waals surface area contributed by atoms with Gasteiger partial charge in [0.15, 0.2) is 5.78 Å². The third-order valence-corrected chi connectivity index (χ3v) is 5.89. The maximum atomic E-state index is 12.9. The Kier molecular flexibility index (Phi) is 7.96. The standard InChI is InChI=1S/C30H35N3O2/c1-8-21(16-26(34)24-13-14-27(35-19(2)3)25(17-24)18-31)15-22-9-11-23(12-10-22)29-32-20(4)28(33-29)30(5,6)7/h8-14,17,19,21H,1,15-16H2,2-7H3,(H,32,33)/t21-/m1/s1. The van der Waals surface area contributed by atoms with Gasteiger partial charge in [0.2, 0.25) is 0 Å². The monoisotopic (exact) mass is 469 g/mol. The number of carbonyl (C=O) groups excluding carboxylic acids is 1. The number of allylic oxidation sites excluding steroid dienone is 1. The second-order valence-electron chi connectivity index (χ2n) is 10.3. The molecule has 1 N–H and O–H groups in total. The zero-order chi connectivity index (χ0) is 25.8. The number of hydrogen-bond donors (Lipinski definition) is 1. The van der Waals surface area contributed by atoms with Crippen LogP contribution in [-0.4, -0.2) is 21.9 Å². The van der Waals surface area contributed by atoms with E-state index in [1.54, 1.807) is 18.2 Å². The van der Waals surface area contributed by atoms with Crippen LogP contribution in [-0.2, 0) is 11.8 Å². The number of aryl methyl sites for hydroxylation is 1. The summed E-state index contributed by atoms with van der Waals surface area (Å²) in [6, 6.07) is 15.5. The van der Waals surface area contributed by atoms with Crippen molar-refractivity contribution in [2.24, 2.45) is 5.92 Å². The number of benzene rings is 2. The SMILES string of the molecule is C=C[C@@H](CC(=O)c1ccc(OC(C)C)c(C#N)c1)Cc1ccc(-c2nc(C(C)(C)C)c(C)[nH]2)cc1. The van der Waals surface area contributed by atoms with Crippen molar-refractivity contribution >= 4 is 5.78 Å². The molecule has 0 fully saturated rings. The molecule has 0 radical (unpaired) electrons. The van der Waals surface area contributed by atoms with Crippen molar-refractivity contribution in [3.63, 3.8) is 0 Å². The van der Waals surface area contributed by atoms with Crippen LogP contribution < -0.4 is 4.74 Å². The summed E-state index contributed by atoms with van der Waals surface area (Å²) in [5.41, 5.74) is 5.20. The fraction of sp³-hybridized carbons (Fsp3) is 0.367. The molecular formula is C30H35N3O2. The predicted molar refractivity (Wildman–Crippen MR) is 141 cm³/mol. The smallest absolute Gasteiger partial charge is 0.163 e. The van der Waals surface area contributed by atoms with Gasteiger partial charge in [0.05, 0.1) is 17.4 Å². The lowest BCUT2D eigenvalue weighted by atomic mass is 9.91. The minimum absolute atomic E-state index is 0.0103. The van der Waals surface area contributed by atoms with E-state index in [1.807, 2.05) is 19.9 Å². The van der Waals surface area contributed by atoms with E-state index in [-0.39, 0.29) is 23.2 Å². The summed E-state index contributed by atoms with van der Waals surface area (Å²) in [5.74, 6) is 1.34. The Hall–Kier alpha value is -3.65. The van der Waals surface area contributed by atoms with E-state index in [0.29, 0.717) is 29.7 Å². The van der Waals surface area contributed by atoms with Crippen LogP contribution in [0, 0.1) is 24.2 Å². The predicted octanol–water partition coefficient (Wildman–Crippen LogP) is 6.96. The maximum Gasteiger partial charge on any atom is 0.163 e. The van der Waals surface area contributed by atoms with Crippen LogP contribution in [0.3, 0.4) is 0 Å². The summed E-state index contributed by atoms with van der Waals surface area (Å²) in [4.78, 5) is 21.2. The minimum atomic E-state index is -0.0439. The highest BCUT2D eigenvalue weighted by molar-refractivity contribution is 5.97. The van der Waals surface area contributed by atoms with Crippen molar-refractivity contribution in [2.45, 2.75) is 65.9 Å². The van der Waals surface area contributed by atoms with Gasteiger partial charge in [-0.1, -0.05) is 51.1 Å². The number of carbonyl (C=O) groups is 1.